The highest BCUT2D eigenvalue weighted by molar-refractivity contribution is 7.08. The van der Waals surface area contributed by atoms with Crippen LogP contribution in [0.2, 0.25) is 0 Å². The molecule has 1 amide bonds. The van der Waals surface area contributed by atoms with Crippen LogP contribution in [-0.4, -0.2) is 18.6 Å². The Hall–Kier alpha value is -2.59. The van der Waals surface area contributed by atoms with E-state index in [2.05, 4.69) is 34.3 Å². The van der Waals surface area contributed by atoms with Gasteiger partial charge in [0, 0.05) is 18.0 Å². The molecule has 3 aromatic rings. The maximum Gasteiger partial charge on any atom is 0.251 e. The lowest BCUT2D eigenvalue weighted by atomic mass is 10.0. The van der Waals surface area contributed by atoms with Gasteiger partial charge in [-0.1, -0.05) is 24.3 Å². The Morgan fingerprint density at radius 3 is 2.77 bits per heavy atom. The molecule has 4 rings (SSSR count). The summed E-state index contributed by atoms with van der Waals surface area (Å²) >= 11 is 1.67. The number of amides is 1. The van der Waals surface area contributed by atoms with Crippen LogP contribution in [0, 0.1) is 0 Å². The fraction of sp³-hybridized carbons (Fsp3) is 0.227. The van der Waals surface area contributed by atoms with Crippen LogP contribution in [0.15, 0.2) is 59.3 Å². The van der Waals surface area contributed by atoms with Crippen LogP contribution >= 0.6 is 11.3 Å². The van der Waals surface area contributed by atoms with Gasteiger partial charge < -0.3 is 10.1 Å². The number of hydrogen-bond donors (Lipinski definition) is 1. The third-order valence-corrected chi connectivity index (χ3v) is 5.36. The minimum Gasteiger partial charge on any atom is -0.493 e. The van der Waals surface area contributed by atoms with E-state index in [1.165, 1.54) is 16.7 Å². The van der Waals surface area contributed by atoms with Crippen LogP contribution in [0.5, 0.6) is 5.75 Å². The molecule has 1 atom stereocenters. The van der Waals surface area contributed by atoms with Crippen molar-refractivity contribution in [3.8, 4) is 16.9 Å². The van der Waals surface area contributed by atoms with E-state index in [9.17, 15) is 4.79 Å². The van der Waals surface area contributed by atoms with Crippen molar-refractivity contribution in [3.05, 3.63) is 76.0 Å². The van der Waals surface area contributed by atoms with E-state index >= 15 is 0 Å². The molecule has 0 unspecified atom stereocenters. The number of hydrogen-bond acceptors (Lipinski definition) is 3. The first-order chi connectivity index (χ1) is 12.7. The first-order valence-corrected chi connectivity index (χ1v) is 9.81. The smallest absolute Gasteiger partial charge is 0.251 e. The lowest BCUT2D eigenvalue weighted by Gasteiger charge is -2.15. The first kappa shape index (κ1) is 16.9. The van der Waals surface area contributed by atoms with E-state index in [0.717, 1.165) is 30.8 Å². The summed E-state index contributed by atoms with van der Waals surface area (Å²) in [6.45, 7) is 2.81. The van der Waals surface area contributed by atoms with Crippen molar-refractivity contribution < 1.29 is 9.53 Å². The van der Waals surface area contributed by atoms with Gasteiger partial charge >= 0.3 is 0 Å². The molecular formula is C22H21NO2S. The van der Waals surface area contributed by atoms with E-state index in [4.69, 9.17) is 4.74 Å². The third kappa shape index (κ3) is 3.65. The Balaban J connectivity index is 1.38. The number of rotatable bonds is 5. The summed E-state index contributed by atoms with van der Waals surface area (Å²) in [4.78, 5) is 12.5. The van der Waals surface area contributed by atoms with Gasteiger partial charge in [0.2, 0.25) is 0 Å². The molecule has 26 heavy (non-hydrogen) atoms. The molecule has 3 nitrogen and oxygen atoms in total. The van der Waals surface area contributed by atoms with E-state index < -0.39 is 0 Å². The summed E-state index contributed by atoms with van der Waals surface area (Å²) in [7, 11) is 0. The Labute approximate surface area is 157 Å². The third-order valence-electron chi connectivity index (χ3n) is 4.67. The maximum atomic E-state index is 12.5. The number of ether oxygens (including phenoxy) is 1. The Morgan fingerprint density at radius 1 is 1.15 bits per heavy atom. The second-order valence-electron chi connectivity index (χ2n) is 6.71. The summed E-state index contributed by atoms with van der Waals surface area (Å²) in [6, 6.07) is 16.3. The summed E-state index contributed by atoms with van der Waals surface area (Å²) in [5.74, 6) is 0.968. The average molecular weight is 363 g/mol. The predicted octanol–water partition coefficient (Wildman–Crippen LogP) is 4.71. The SMILES string of the molecule is C[C@@H](Cc1ccc2c(c1)CCO2)NC(=O)c1ccc(-c2ccsc2)cc1. The lowest BCUT2D eigenvalue weighted by Crippen LogP contribution is -2.34. The van der Waals surface area contributed by atoms with Crippen molar-refractivity contribution >= 4 is 17.2 Å². The maximum absolute atomic E-state index is 12.5. The fourth-order valence-corrected chi connectivity index (χ4v) is 3.99. The molecule has 0 saturated heterocycles. The van der Waals surface area contributed by atoms with E-state index in [-0.39, 0.29) is 11.9 Å². The molecule has 0 fully saturated rings. The monoisotopic (exact) mass is 363 g/mol. The summed E-state index contributed by atoms with van der Waals surface area (Å²) in [5, 5.41) is 7.27. The first-order valence-electron chi connectivity index (χ1n) is 8.87. The second kappa shape index (κ2) is 7.34. The molecule has 4 heteroatoms. The number of carbonyl (C=O) groups is 1. The predicted molar refractivity (Wildman–Crippen MR) is 106 cm³/mol. The highest BCUT2D eigenvalue weighted by Crippen LogP contribution is 2.26. The van der Waals surface area contributed by atoms with Crippen LogP contribution < -0.4 is 10.1 Å². The molecule has 0 radical (unpaired) electrons. The minimum absolute atomic E-state index is 0.0288. The van der Waals surface area contributed by atoms with Gasteiger partial charge in [0.25, 0.3) is 5.91 Å². The van der Waals surface area contributed by atoms with Gasteiger partial charge in [-0.2, -0.15) is 11.3 Å². The standard InChI is InChI=1S/C22H21NO2S/c1-15(12-16-2-7-21-19(13-16)8-10-25-21)23-22(24)18-5-3-17(4-6-18)20-9-11-26-14-20/h2-7,9,11,13-15H,8,10,12H2,1H3,(H,23,24)/t15-/m0/s1. The molecule has 2 aromatic carbocycles. The van der Waals surface area contributed by atoms with Crippen LogP contribution in [0.1, 0.15) is 28.4 Å². The van der Waals surface area contributed by atoms with Crippen LogP contribution in [0.3, 0.4) is 0 Å². The normalized spacial score (nSPS) is 13.7. The summed E-state index contributed by atoms with van der Waals surface area (Å²) in [5.41, 5.74) is 5.52. The number of carbonyl (C=O) groups excluding carboxylic acids is 1. The van der Waals surface area contributed by atoms with E-state index in [0.29, 0.717) is 5.56 Å². The summed E-state index contributed by atoms with van der Waals surface area (Å²) in [6.07, 6.45) is 1.78. The Morgan fingerprint density at radius 2 is 2.00 bits per heavy atom. The number of thiophene rings is 1. The van der Waals surface area contributed by atoms with Gasteiger partial charge in [0.15, 0.2) is 0 Å². The second-order valence-corrected chi connectivity index (χ2v) is 7.49. The molecule has 2 heterocycles. The van der Waals surface area contributed by atoms with Crippen molar-refractivity contribution in [2.45, 2.75) is 25.8 Å². The van der Waals surface area contributed by atoms with Crippen LogP contribution in [0.4, 0.5) is 0 Å². The van der Waals surface area contributed by atoms with Gasteiger partial charge in [-0.05, 0) is 70.6 Å². The van der Waals surface area contributed by atoms with Crippen molar-refractivity contribution in [2.75, 3.05) is 6.61 Å². The number of nitrogens with one attached hydrogen (secondary N) is 1. The van der Waals surface area contributed by atoms with Gasteiger partial charge in [-0.3, -0.25) is 4.79 Å². The van der Waals surface area contributed by atoms with Crippen LogP contribution in [0.25, 0.3) is 11.1 Å². The molecule has 0 bridgehead atoms. The summed E-state index contributed by atoms with van der Waals surface area (Å²) < 4.78 is 5.55. The highest BCUT2D eigenvalue weighted by atomic mass is 32.1. The fourth-order valence-electron chi connectivity index (χ4n) is 3.32. The van der Waals surface area contributed by atoms with Crippen molar-refractivity contribution in [1.29, 1.82) is 0 Å². The van der Waals surface area contributed by atoms with Gasteiger partial charge in [-0.15, -0.1) is 0 Å². The average Bonchev–Trinajstić information content (AvgIpc) is 3.33. The Kier molecular flexibility index (Phi) is 4.76. The number of fused-ring (bicyclic) bond motifs is 1. The molecular weight excluding hydrogens is 342 g/mol. The van der Waals surface area contributed by atoms with Crippen molar-refractivity contribution in [3.63, 3.8) is 0 Å². The molecule has 0 spiro atoms. The van der Waals surface area contributed by atoms with Crippen LogP contribution in [-0.2, 0) is 12.8 Å². The molecule has 1 aliphatic rings. The Bertz CT molecular complexity index is 900. The van der Waals surface area contributed by atoms with Crippen molar-refractivity contribution in [1.82, 2.24) is 5.32 Å². The van der Waals surface area contributed by atoms with Gasteiger partial charge in [-0.25, -0.2) is 0 Å². The molecule has 1 aliphatic heterocycles. The topological polar surface area (TPSA) is 38.3 Å². The van der Waals surface area contributed by atoms with E-state index in [1.54, 1.807) is 11.3 Å². The zero-order chi connectivity index (χ0) is 17.9. The number of benzene rings is 2. The molecule has 0 saturated carbocycles. The van der Waals surface area contributed by atoms with E-state index in [1.807, 2.05) is 37.3 Å². The van der Waals surface area contributed by atoms with Crippen molar-refractivity contribution in [2.24, 2.45) is 0 Å². The molecule has 1 N–H and O–H groups in total. The van der Waals surface area contributed by atoms with Gasteiger partial charge in [0.05, 0.1) is 6.61 Å². The largest absolute Gasteiger partial charge is 0.493 e. The molecule has 1 aromatic heterocycles. The lowest BCUT2D eigenvalue weighted by molar-refractivity contribution is 0.0940. The molecule has 132 valence electrons. The molecule has 0 aliphatic carbocycles. The highest BCUT2D eigenvalue weighted by Gasteiger charge is 2.14. The van der Waals surface area contributed by atoms with Gasteiger partial charge in [0.1, 0.15) is 5.75 Å². The quantitative estimate of drug-likeness (QED) is 0.713. The zero-order valence-electron chi connectivity index (χ0n) is 14.7. The minimum atomic E-state index is -0.0288. The zero-order valence-corrected chi connectivity index (χ0v) is 15.5.